The molecule has 1 aromatic heterocycles. The van der Waals surface area contributed by atoms with Gasteiger partial charge in [0.25, 0.3) is 0 Å². The molecule has 0 amide bonds. The van der Waals surface area contributed by atoms with E-state index in [1.165, 1.54) is 12.3 Å². The van der Waals surface area contributed by atoms with Gasteiger partial charge < -0.3 is 10.2 Å². The van der Waals surface area contributed by atoms with E-state index in [2.05, 4.69) is 4.98 Å². The summed E-state index contributed by atoms with van der Waals surface area (Å²) in [6.45, 7) is -0.209. The maximum absolute atomic E-state index is 8.80. The van der Waals surface area contributed by atoms with Crippen LogP contribution in [-0.4, -0.2) is 15.2 Å². The van der Waals surface area contributed by atoms with Crippen LogP contribution in [0.2, 0.25) is 5.02 Å². The van der Waals surface area contributed by atoms with Crippen LogP contribution in [0.5, 0.6) is 5.75 Å². The van der Waals surface area contributed by atoms with Crippen LogP contribution in [0.25, 0.3) is 0 Å². The number of hydrogen-bond acceptors (Lipinski definition) is 3. The van der Waals surface area contributed by atoms with Crippen LogP contribution in [-0.2, 0) is 6.61 Å². The number of halogens is 1. The van der Waals surface area contributed by atoms with E-state index in [0.717, 1.165) is 0 Å². The SMILES string of the molecule is OCc1ncc(O)cc1Cl. The molecule has 0 spiro atoms. The molecule has 0 saturated heterocycles. The highest BCUT2D eigenvalue weighted by Crippen LogP contribution is 2.18. The number of aromatic nitrogens is 1. The molecule has 10 heavy (non-hydrogen) atoms. The molecule has 54 valence electrons. The number of aromatic hydroxyl groups is 1. The summed E-state index contributed by atoms with van der Waals surface area (Å²) in [5, 5.41) is 17.7. The molecule has 0 fully saturated rings. The predicted octanol–water partition coefficient (Wildman–Crippen LogP) is 0.933. The fraction of sp³-hybridized carbons (Fsp3) is 0.167. The summed E-state index contributed by atoms with van der Waals surface area (Å²) in [6.07, 6.45) is 1.23. The Morgan fingerprint density at radius 2 is 2.30 bits per heavy atom. The second-order valence-corrected chi connectivity index (χ2v) is 2.19. The Balaban J connectivity index is 3.07. The van der Waals surface area contributed by atoms with Gasteiger partial charge in [-0.2, -0.15) is 0 Å². The third kappa shape index (κ3) is 1.37. The largest absolute Gasteiger partial charge is 0.506 e. The van der Waals surface area contributed by atoms with Gasteiger partial charge in [0.05, 0.1) is 23.5 Å². The second-order valence-electron chi connectivity index (χ2n) is 1.78. The lowest BCUT2D eigenvalue weighted by atomic mass is 10.3. The predicted molar refractivity (Wildman–Crippen MR) is 36.8 cm³/mol. The first-order valence-corrected chi connectivity index (χ1v) is 3.06. The van der Waals surface area contributed by atoms with Gasteiger partial charge in [0.2, 0.25) is 0 Å². The first kappa shape index (κ1) is 7.31. The molecule has 0 radical (unpaired) electrons. The Labute approximate surface area is 62.9 Å². The van der Waals surface area contributed by atoms with E-state index in [0.29, 0.717) is 5.69 Å². The Hall–Kier alpha value is -0.800. The summed E-state index contributed by atoms with van der Waals surface area (Å²) in [5.74, 6) is 0.00204. The van der Waals surface area contributed by atoms with Crippen LogP contribution in [0.3, 0.4) is 0 Å². The van der Waals surface area contributed by atoms with Gasteiger partial charge in [-0.15, -0.1) is 0 Å². The maximum Gasteiger partial charge on any atom is 0.135 e. The van der Waals surface area contributed by atoms with E-state index >= 15 is 0 Å². The molecule has 0 aliphatic carbocycles. The molecule has 0 aliphatic heterocycles. The van der Waals surface area contributed by atoms with Gasteiger partial charge in [0.1, 0.15) is 5.75 Å². The molecule has 1 heterocycles. The minimum atomic E-state index is -0.209. The zero-order valence-electron chi connectivity index (χ0n) is 5.08. The van der Waals surface area contributed by atoms with E-state index in [9.17, 15) is 0 Å². The van der Waals surface area contributed by atoms with Gasteiger partial charge in [0.15, 0.2) is 0 Å². The second kappa shape index (κ2) is 2.86. The van der Waals surface area contributed by atoms with Crippen molar-refractivity contribution in [2.45, 2.75) is 6.61 Å². The minimum absolute atomic E-state index is 0.00204. The maximum atomic E-state index is 8.80. The van der Waals surface area contributed by atoms with Crippen molar-refractivity contribution >= 4 is 11.6 Å². The molecule has 0 saturated carbocycles. The number of pyridine rings is 1. The lowest BCUT2D eigenvalue weighted by Gasteiger charge is -1.97. The molecule has 0 aliphatic rings. The summed E-state index contributed by atoms with van der Waals surface area (Å²) in [6, 6.07) is 1.33. The van der Waals surface area contributed by atoms with E-state index in [1.807, 2.05) is 0 Å². The molecular formula is C6H6ClNO2. The van der Waals surface area contributed by atoms with Crippen molar-refractivity contribution in [3.05, 3.63) is 23.0 Å². The highest BCUT2D eigenvalue weighted by Gasteiger charge is 1.99. The topological polar surface area (TPSA) is 53.4 Å². The molecule has 1 rings (SSSR count). The summed E-state index contributed by atoms with van der Waals surface area (Å²) in [7, 11) is 0. The highest BCUT2D eigenvalue weighted by atomic mass is 35.5. The van der Waals surface area contributed by atoms with Crippen molar-refractivity contribution in [1.82, 2.24) is 4.98 Å². The third-order valence-electron chi connectivity index (χ3n) is 1.05. The Morgan fingerprint density at radius 1 is 1.60 bits per heavy atom. The zero-order chi connectivity index (χ0) is 7.56. The van der Waals surface area contributed by atoms with Gasteiger partial charge in [-0.05, 0) is 0 Å². The molecule has 1 aromatic rings. The van der Waals surface area contributed by atoms with Gasteiger partial charge in [-0.3, -0.25) is 4.98 Å². The molecule has 2 N–H and O–H groups in total. The smallest absolute Gasteiger partial charge is 0.135 e. The van der Waals surface area contributed by atoms with E-state index in [1.54, 1.807) is 0 Å². The number of aliphatic hydroxyl groups is 1. The average Bonchev–Trinajstić information content (AvgIpc) is 1.88. The van der Waals surface area contributed by atoms with E-state index in [4.69, 9.17) is 21.8 Å². The first-order valence-electron chi connectivity index (χ1n) is 2.68. The molecule has 3 nitrogen and oxygen atoms in total. The lowest BCUT2D eigenvalue weighted by Crippen LogP contribution is -1.88. The average molecular weight is 160 g/mol. The van der Waals surface area contributed by atoms with Gasteiger partial charge in [0, 0.05) is 6.07 Å². The number of hydrogen-bond donors (Lipinski definition) is 2. The minimum Gasteiger partial charge on any atom is -0.506 e. The van der Waals surface area contributed by atoms with E-state index < -0.39 is 0 Å². The summed E-state index contributed by atoms with van der Waals surface area (Å²) in [5.41, 5.74) is 0.375. The van der Waals surface area contributed by atoms with Crippen LogP contribution in [0, 0.1) is 0 Å². The summed E-state index contributed by atoms with van der Waals surface area (Å²) >= 11 is 5.55. The molecular weight excluding hydrogens is 154 g/mol. The monoisotopic (exact) mass is 159 g/mol. The van der Waals surface area contributed by atoms with E-state index in [-0.39, 0.29) is 17.4 Å². The summed E-state index contributed by atoms with van der Waals surface area (Å²) in [4.78, 5) is 3.66. The first-order chi connectivity index (χ1) is 4.74. The molecule has 4 heteroatoms. The number of rotatable bonds is 1. The van der Waals surface area contributed by atoms with Gasteiger partial charge >= 0.3 is 0 Å². The quantitative estimate of drug-likeness (QED) is 0.641. The number of nitrogens with zero attached hydrogens (tertiary/aromatic N) is 1. The lowest BCUT2D eigenvalue weighted by molar-refractivity contribution is 0.276. The highest BCUT2D eigenvalue weighted by molar-refractivity contribution is 6.31. The fourth-order valence-electron chi connectivity index (χ4n) is 0.572. The van der Waals surface area contributed by atoms with Crippen LogP contribution >= 0.6 is 11.6 Å². The molecule has 0 bridgehead atoms. The zero-order valence-corrected chi connectivity index (χ0v) is 5.84. The van der Waals surface area contributed by atoms with Crippen molar-refractivity contribution < 1.29 is 10.2 Å². The van der Waals surface area contributed by atoms with Crippen molar-refractivity contribution in [2.75, 3.05) is 0 Å². The molecule has 0 unspecified atom stereocenters. The normalized spacial score (nSPS) is 9.80. The van der Waals surface area contributed by atoms with Crippen molar-refractivity contribution in [3.8, 4) is 5.75 Å². The van der Waals surface area contributed by atoms with Crippen molar-refractivity contribution in [3.63, 3.8) is 0 Å². The molecule has 0 atom stereocenters. The third-order valence-corrected chi connectivity index (χ3v) is 1.38. The Kier molecular flexibility index (Phi) is 2.09. The van der Waals surface area contributed by atoms with Crippen molar-refractivity contribution in [1.29, 1.82) is 0 Å². The van der Waals surface area contributed by atoms with Gasteiger partial charge in [-0.25, -0.2) is 0 Å². The standard InChI is InChI=1S/C6H6ClNO2/c7-5-1-4(10)2-8-6(5)3-9/h1-2,9-10H,3H2. The molecule has 0 aromatic carbocycles. The fourth-order valence-corrected chi connectivity index (χ4v) is 0.793. The Morgan fingerprint density at radius 3 is 2.80 bits per heavy atom. The van der Waals surface area contributed by atoms with Crippen LogP contribution < -0.4 is 0 Å². The summed E-state index contributed by atoms with van der Waals surface area (Å²) < 4.78 is 0. The van der Waals surface area contributed by atoms with Crippen LogP contribution in [0.15, 0.2) is 12.3 Å². The van der Waals surface area contributed by atoms with Crippen LogP contribution in [0.4, 0.5) is 0 Å². The van der Waals surface area contributed by atoms with Crippen molar-refractivity contribution in [2.24, 2.45) is 0 Å². The Bertz CT molecular complexity index is 239. The number of aliphatic hydroxyl groups excluding tert-OH is 1. The van der Waals surface area contributed by atoms with Gasteiger partial charge in [-0.1, -0.05) is 11.6 Å². The van der Waals surface area contributed by atoms with Crippen LogP contribution in [0.1, 0.15) is 5.69 Å².